The summed E-state index contributed by atoms with van der Waals surface area (Å²) in [6.07, 6.45) is 1.68. The Hall–Kier alpha value is -2.82. The molecule has 3 aromatic carbocycles. The first kappa shape index (κ1) is 19.5. The van der Waals surface area contributed by atoms with Gasteiger partial charge in [0.25, 0.3) is 0 Å². The number of rotatable bonds is 4. The molecular weight excluding hydrogens is 414 g/mol. The highest BCUT2D eigenvalue weighted by atomic mass is 35.5. The summed E-state index contributed by atoms with van der Waals surface area (Å²) in [5.74, 6) is 0.678. The van der Waals surface area contributed by atoms with Crippen molar-refractivity contribution >= 4 is 35.1 Å². The zero-order valence-electron chi connectivity index (χ0n) is 15.3. The van der Waals surface area contributed by atoms with Crippen LogP contribution in [0.3, 0.4) is 0 Å². The molecule has 0 bridgehead atoms. The van der Waals surface area contributed by atoms with Gasteiger partial charge in [0.05, 0.1) is 10.6 Å². The Morgan fingerprint density at radius 3 is 2.55 bits per heavy atom. The predicted molar refractivity (Wildman–Crippen MR) is 111 cm³/mol. The van der Waals surface area contributed by atoms with Crippen LogP contribution in [0.2, 0.25) is 10.0 Å². The SMILES string of the molecule is Cc1c(OCc2ccc(F)cc2Cl)ccc2c1O/C(=C\c1ccc(Cl)cc1)C2=O. The molecular formula is C23H15Cl2FO3. The minimum atomic E-state index is -0.403. The van der Waals surface area contributed by atoms with E-state index >= 15 is 0 Å². The van der Waals surface area contributed by atoms with E-state index in [1.165, 1.54) is 12.1 Å². The van der Waals surface area contributed by atoms with Gasteiger partial charge in [-0.3, -0.25) is 4.79 Å². The predicted octanol–water partition coefficient (Wildman–Crippen LogP) is 6.64. The van der Waals surface area contributed by atoms with Crippen LogP contribution >= 0.6 is 23.2 Å². The fourth-order valence-corrected chi connectivity index (χ4v) is 3.38. The van der Waals surface area contributed by atoms with Crippen LogP contribution < -0.4 is 9.47 Å². The molecule has 1 aliphatic rings. The maximum absolute atomic E-state index is 13.2. The molecule has 0 unspecified atom stereocenters. The van der Waals surface area contributed by atoms with Crippen molar-refractivity contribution in [3.8, 4) is 11.5 Å². The van der Waals surface area contributed by atoms with Crippen molar-refractivity contribution in [3.05, 3.63) is 98.5 Å². The Balaban J connectivity index is 1.57. The van der Waals surface area contributed by atoms with E-state index in [1.807, 2.05) is 19.1 Å². The number of allylic oxidation sites excluding steroid dienone is 1. The molecule has 0 spiro atoms. The second-order valence-electron chi connectivity index (χ2n) is 6.58. The summed E-state index contributed by atoms with van der Waals surface area (Å²) in [5, 5.41) is 0.913. The van der Waals surface area contributed by atoms with E-state index in [1.54, 1.807) is 36.4 Å². The Kier molecular flexibility index (Phi) is 5.31. The van der Waals surface area contributed by atoms with Crippen molar-refractivity contribution in [2.24, 2.45) is 0 Å². The maximum Gasteiger partial charge on any atom is 0.231 e. The minimum Gasteiger partial charge on any atom is -0.488 e. The van der Waals surface area contributed by atoms with Crippen LogP contribution in [-0.4, -0.2) is 5.78 Å². The van der Waals surface area contributed by atoms with Gasteiger partial charge in [0, 0.05) is 16.1 Å². The first-order chi connectivity index (χ1) is 13.9. The van der Waals surface area contributed by atoms with E-state index in [4.69, 9.17) is 32.7 Å². The molecule has 3 aromatic rings. The highest BCUT2D eigenvalue weighted by molar-refractivity contribution is 6.31. The van der Waals surface area contributed by atoms with E-state index in [9.17, 15) is 9.18 Å². The van der Waals surface area contributed by atoms with Crippen molar-refractivity contribution < 1.29 is 18.7 Å². The Morgan fingerprint density at radius 2 is 1.83 bits per heavy atom. The highest BCUT2D eigenvalue weighted by Crippen LogP contribution is 2.39. The molecule has 3 nitrogen and oxygen atoms in total. The van der Waals surface area contributed by atoms with Gasteiger partial charge in [0.2, 0.25) is 5.78 Å². The lowest BCUT2D eigenvalue weighted by Crippen LogP contribution is -1.99. The van der Waals surface area contributed by atoms with Crippen LogP contribution in [-0.2, 0) is 6.61 Å². The lowest BCUT2D eigenvalue weighted by molar-refractivity contribution is 0.101. The molecule has 1 heterocycles. The van der Waals surface area contributed by atoms with Gasteiger partial charge < -0.3 is 9.47 Å². The highest BCUT2D eigenvalue weighted by Gasteiger charge is 2.30. The average molecular weight is 429 g/mol. The van der Waals surface area contributed by atoms with Crippen molar-refractivity contribution in [1.29, 1.82) is 0 Å². The van der Waals surface area contributed by atoms with Crippen molar-refractivity contribution in [1.82, 2.24) is 0 Å². The number of benzene rings is 3. The van der Waals surface area contributed by atoms with Gasteiger partial charge in [-0.15, -0.1) is 0 Å². The zero-order valence-corrected chi connectivity index (χ0v) is 16.9. The number of hydrogen-bond donors (Lipinski definition) is 0. The monoisotopic (exact) mass is 428 g/mol. The molecule has 0 fully saturated rings. The third-order valence-electron chi connectivity index (χ3n) is 4.60. The fraction of sp³-hybridized carbons (Fsp3) is 0.0870. The summed E-state index contributed by atoms with van der Waals surface area (Å²) in [6.45, 7) is 1.99. The van der Waals surface area contributed by atoms with Gasteiger partial charge >= 0.3 is 0 Å². The topological polar surface area (TPSA) is 35.5 Å². The number of halogens is 3. The number of hydrogen-bond acceptors (Lipinski definition) is 3. The average Bonchev–Trinajstić information content (AvgIpc) is 3.01. The lowest BCUT2D eigenvalue weighted by Gasteiger charge is -2.12. The molecule has 0 atom stereocenters. The lowest BCUT2D eigenvalue weighted by atomic mass is 10.1. The number of ketones is 1. The van der Waals surface area contributed by atoms with Gasteiger partial charge in [-0.05, 0) is 55.0 Å². The zero-order chi connectivity index (χ0) is 20.5. The number of fused-ring (bicyclic) bond motifs is 1. The molecule has 29 heavy (non-hydrogen) atoms. The largest absolute Gasteiger partial charge is 0.488 e. The summed E-state index contributed by atoms with van der Waals surface area (Å²) in [6, 6.07) is 14.7. The van der Waals surface area contributed by atoms with Crippen LogP contribution in [0.5, 0.6) is 11.5 Å². The standard InChI is InChI=1S/C23H15Cl2FO3/c1-13-20(28-12-15-4-7-17(26)11-19(15)25)9-8-18-22(27)21(29-23(13)18)10-14-2-5-16(24)6-3-14/h2-11H,12H2,1H3/b21-10-. The Labute approximate surface area is 177 Å². The van der Waals surface area contributed by atoms with Gasteiger partial charge in [-0.1, -0.05) is 41.4 Å². The van der Waals surface area contributed by atoms with Crippen molar-refractivity contribution in [3.63, 3.8) is 0 Å². The first-order valence-corrected chi connectivity index (χ1v) is 9.58. The Morgan fingerprint density at radius 1 is 1.07 bits per heavy atom. The molecule has 146 valence electrons. The van der Waals surface area contributed by atoms with Crippen LogP contribution in [0.4, 0.5) is 4.39 Å². The summed E-state index contributed by atoms with van der Waals surface area (Å²) >= 11 is 11.9. The van der Waals surface area contributed by atoms with E-state index in [2.05, 4.69) is 0 Å². The third-order valence-corrected chi connectivity index (χ3v) is 5.21. The van der Waals surface area contributed by atoms with Gasteiger partial charge in [-0.25, -0.2) is 4.39 Å². The van der Waals surface area contributed by atoms with Crippen molar-refractivity contribution in [2.45, 2.75) is 13.5 Å². The van der Waals surface area contributed by atoms with Gasteiger partial charge in [0.15, 0.2) is 5.76 Å². The molecule has 0 amide bonds. The quantitative estimate of drug-likeness (QED) is 0.437. The van der Waals surface area contributed by atoms with Gasteiger partial charge in [0.1, 0.15) is 23.9 Å². The maximum atomic E-state index is 13.2. The molecule has 4 rings (SSSR count). The Bertz CT molecular complexity index is 1140. The molecule has 1 aliphatic heterocycles. The van der Waals surface area contributed by atoms with Crippen LogP contribution in [0.1, 0.15) is 27.0 Å². The summed E-state index contributed by atoms with van der Waals surface area (Å²) in [7, 11) is 0. The second-order valence-corrected chi connectivity index (χ2v) is 7.42. The first-order valence-electron chi connectivity index (χ1n) is 8.82. The van der Waals surface area contributed by atoms with Crippen LogP contribution in [0.25, 0.3) is 6.08 Å². The molecule has 0 saturated heterocycles. The molecule has 0 radical (unpaired) electrons. The molecule has 0 N–H and O–H groups in total. The van der Waals surface area contributed by atoms with Crippen LogP contribution in [0.15, 0.2) is 60.4 Å². The molecule has 0 saturated carbocycles. The fourth-order valence-electron chi connectivity index (χ4n) is 3.03. The summed E-state index contributed by atoms with van der Waals surface area (Å²) in [4.78, 5) is 12.7. The number of carbonyl (C=O) groups is 1. The van der Waals surface area contributed by atoms with E-state index < -0.39 is 5.82 Å². The smallest absolute Gasteiger partial charge is 0.231 e. The summed E-state index contributed by atoms with van der Waals surface area (Å²) in [5.41, 5.74) is 2.65. The normalized spacial score (nSPS) is 14.1. The number of Topliss-reactive ketones (excluding diaryl/α,β-unsaturated/α-hetero) is 1. The van der Waals surface area contributed by atoms with E-state index in [-0.39, 0.29) is 18.1 Å². The molecule has 6 heteroatoms. The summed E-state index contributed by atoms with van der Waals surface area (Å²) < 4.78 is 24.9. The van der Waals surface area contributed by atoms with Crippen LogP contribution in [0, 0.1) is 12.7 Å². The molecule has 0 aliphatic carbocycles. The van der Waals surface area contributed by atoms with E-state index in [0.717, 1.165) is 5.56 Å². The van der Waals surface area contributed by atoms with Crippen molar-refractivity contribution in [2.75, 3.05) is 0 Å². The second kappa shape index (κ2) is 7.90. The van der Waals surface area contributed by atoms with Gasteiger partial charge in [-0.2, -0.15) is 0 Å². The molecule has 0 aromatic heterocycles. The number of ether oxygens (including phenoxy) is 2. The number of carbonyl (C=O) groups excluding carboxylic acids is 1. The third kappa shape index (κ3) is 4.00. The van der Waals surface area contributed by atoms with E-state index in [0.29, 0.717) is 38.2 Å². The minimum absolute atomic E-state index is 0.167.